The Morgan fingerprint density at radius 2 is 1.80 bits per heavy atom. The van der Waals surface area contributed by atoms with Crippen LogP contribution in [-0.2, 0) is 15.0 Å². The molecule has 0 aliphatic carbocycles. The van der Waals surface area contributed by atoms with Gasteiger partial charge in [0, 0.05) is 26.5 Å². The van der Waals surface area contributed by atoms with E-state index in [1.807, 2.05) is 33.9 Å². The molecule has 1 rings (SSSR count). The van der Waals surface area contributed by atoms with Crippen molar-refractivity contribution in [2.75, 3.05) is 14.1 Å². The predicted molar refractivity (Wildman–Crippen MR) is 82.7 cm³/mol. The Bertz CT molecular complexity index is 523. The van der Waals surface area contributed by atoms with Crippen LogP contribution < -0.4 is 5.32 Å². The van der Waals surface area contributed by atoms with Gasteiger partial charge in [-0.2, -0.15) is 12.7 Å². The predicted octanol–water partition coefficient (Wildman–Crippen LogP) is 1.11. The molecule has 0 spiro atoms. The Kier molecular flexibility index (Phi) is 4.17. The highest BCUT2D eigenvalue weighted by molar-refractivity contribution is 7.87. The molecule has 0 bridgehead atoms. The van der Waals surface area contributed by atoms with Crippen LogP contribution in [0.25, 0.3) is 0 Å². The summed E-state index contributed by atoms with van der Waals surface area (Å²) in [6.45, 7) is 10.2. The van der Waals surface area contributed by atoms with Crippen molar-refractivity contribution in [3.63, 3.8) is 0 Å². The molecule has 116 valence electrons. The zero-order valence-electron chi connectivity index (χ0n) is 13.3. The van der Waals surface area contributed by atoms with Crippen LogP contribution in [-0.4, -0.2) is 50.8 Å². The van der Waals surface area contributed by atoms with Gasteiger partial charge in [0.2, 0.25) is 0 Å². The van der Waals surface area contributed by atoms with Gasteiger partial charge >= 0.3 is 10.2 Å². The van der Waals surface area contributed by atoms with Crippen molar-refractivity contribution >= 4 is 24.6 Å². The Morgan fingerprint density at radius 3 is 2.15 bits per heavy atom. The average molecular weight is 320 g/mol. The first-order chi connectivity index (χ1) is 8.84. The molecule has 20 heavy (non-hydrogen) atoms. The van der Waals surface area contributed by atoms with Gasteiger partial charge in [-0.15, -0.1) is 0 Å². The summed E-state index contributed by atoms with van der Waals surface area (Å²) in [7, 11) is -3.16. The molecule has 6 nitrogen and oxygen atoms in total. The Balaban J connectivity index is 3.50. The largest absolute Gasteiger partial charge is 0.364 e. The highest BCUT2D eigenvalue weighted by Crippen LogP contribution is 2.45. The van der Waals surface area contributed by atoms with Gasteiger partial charge in [0.15, 0.2) is 11.6 Å². The van der Waals surface area contributed by atoms with E-state index in [2.05, 4.69) is 5.32 Å². The lowest BCUT2D eigenvalue weighted by Gasteiger charge is -2.51. The molecular formula is C12H25N3O3SSi. The Labute approximate surface area is 123 Å². The minimum absolute atomic E-state index is 0.160. The highest BCUT2D eigenvalue weighted by atomic mass is 32.2. The van der Waals surface area contributed by atoms with Gasteiger partial charge < -0.3 is 5.32 Å². The van der Waals surface area contributed by atoms with Crippen molar-refractivity contribution in [2.24, 2.45) is 0 Å². The maximum Gasteiger partial charge on any atom is 0.305 e. The number of nitrogens with one attached hydrogen (secondary N) is 1. The molecule has 1 heterocycles. The third-order valence-electron chi connectivity index (χ3n) is 4.57. The number of rotatable bonds is 4. The number of nitrogens with zero attached hydrogens (tertiary/aromatic N) is 2. The fourth-order valence-electron chi connectivity index (χ4n) is 2.11. The van der Waals surface area contributed by atoms with E-state index < -0.39 is 23.6 Å². The van der Waals surface area contributed by atoms with Crippen LogP contribution in [0.4, 0.5) is 0 Å². The van der Waals surface area contributed by atoms with Crippen molar-refractivity contribution in [2.45, 2.75) is 44.2 Å². The van der Waals surface area contributed by atoms with Gasteiger partial charge in [-0.05, 0) is 5.04 Å². The molecule has 0 aromatic carbocycles. The second kappa shape index (κ2) is 4.85. The third-order valence-corrected chi connectivity index (χ3v) is 12.7. The second-order valence-corrected chi connectivity index (χ2v) is 14.3. The molecule has 0 aromatic rings. The normalized spacial score (nSPS) is 24.1. The van der Waals surface area contributed by atoms with E-state index in [1.54, 1.807) is 0 Å². The maximum absolute atomic E-state index is 12.5. The summed E-state index contributed by atoms with van der Waals surface area (Å²) >= 11 is 0. The first kappa shape index (κ1) is 17.2. The van der Waals surface area contributed by atoms with Gasteiger partial charge in [0.1, 0.15) is 8.07 Å². The molecule has 0 radical (unpaired) electrons. The summed E-state index contributed by atoms with van der Waals surface area (Å²) in [6.07, 6.45) is 3.71. The molecule has 8 heteroatoms. The Morgan fingerprint density at radius 1 is 1.30 bits per heavy atom. The molecule has 0 aromatic heterocycles. The maximum atomic E-state index is 12.5. The molecule has 1 aliphatic rings. The lowest BCUT2D eigenvalue weighted by molar-refractivity contribution is -0.112. The highest BCUT2D eigenvalue weighted by Gasteiger charge is 2.60. The van der Waals surface area contributed by atoms with Crippen LogP contribution in [0.5, 0.6) is 0 Å². The number of carbonyl (C=O) groups excluding carboxylic acids is 1. The van der Waals surface area contributed by atoms with Crippen molar-refractivity contribution < 1.29 is 13.2 Å². The van der Waals surface area contributed by atoms with E-state index in [0.717, 1.165) is 10.6 Å². The summed E-state index contributed by atoms with van der Waals surface area (Å²) in [5.74, 6) is 0. The fraction of sp³-hybridized carbons (Fsp3) is 0.750. The lowest BCUT2D eigenvalue weighted by Crippen LogP contribution is -2.73. The molecule has 1 atom stereocenters. The van der Waals surface area contributed by atoms with Gasteiger partial charge in [0.05, 0.1) is 0 Å². The summed E-state index contributed by atoms with van der Waals surface area (Å²) in [4.78, 5) is 11.9. The third kappa shape index (κ3) is 2.19. The zero-order chi connectivity index (χ0) is 16.0. The van der Waals surface area contributed by atoms with Crippen LogP contribution in [0.3, 0.4) is 0 Å². The molecule has 1 N–H and O–H groups in total. The monoisotopic (exact) mass is 319 g/mol. The molecule has 0 amide bonds. The van der Waals surface area contributed by atoms with Gasteiger partial charge in [-0.25, -0.2) is 4.31 Å². The van der Waals surface area contributed by atoms with E-state index in [1.165, 1.54) is 30.8 Å². The standard InChI is InChI=1S/C12H25N3O3SSi/c1-11(2,3)20(6,7)12(10-16)13-8-9-15(12)19(17,18)14(4)5/h8-10,13H,1-7H3. The van der Waals surface area contributed by atoms with Crippen LogP contribution in [0, 0.1) is 0 Å². The topological polar surface area (TPSA) is 69.7 Å². The molecular weight excluding hydrogens is 294 g/mol. The second-order valence-electron chi connectivity index (χ2n) is 6.81. The van der Waals surface area contributed by atoms with Crippen molar-refractivity contribution in [3.05, 3.63) is 12.4 Å². The summed E-state index contributed by atoms with van der Waals surface area (Å²) in [5, 5.41) is 1.65. The van der Waals surface area contributed by atoms with Crippen LogP contribution in [0.15, 0.2) is 12.4 Å². The van der Waals surface area contributed by atoms with Gasteiger partial charge in [0.25, 0.3) is 0 Å². The van der Waals surface area contributed by atoms with Crippen LogP contribution >= 0.6 is 0 Å². The van der Waals surface area contributed by atoms with E-state index in [0.29, 0.717) is 0 Å². The van der Waals surface area contributed by atoms with Crippen LogP contribution in [0.2, 0.25) is 18.1 Å². The minimum Gasteiger partial charge on any atom is -0.364 e. The zero-order valence-corrected chi connectivity index (χ0v) is 15.1. The molecule has 1 unspecified atom stereocenters. The molecule has 0 saturated carbocycles. The number of hydrogen-bond donors (Lipinski definition) is 1. The lowest BCUT2D eigenvalue weighted by atomic mass is 10.2. The van der Waals surface area contributed by atoms with Gasteiger partial charge in [-0.3, -0.25) is 4.79 Å². The minimum atomic E-state index is -3.72. The van der Waals surface area contributed by atoms with Crippen molar-refractivity contribution in [1.29, 1.82) is 0 Å². The molecule has 1 aliphatic heterocycles. The summed E-state index contributed by atoms with van der Waals surface area (Å²) in [5.41, 5.74) is 0. The number of aldehydes is 1. The van der Waals surface area contributed by atoms with Crippen LogP contribution in [0.1, 0.15) is 20.8 Å². The van der Waals surface area contributed by atoms with E-state index in [-0.39, 0.29) is 5.04 Å². The smallest absolute Gasteiger partial charge is 0.305 e. The van der Waals surface area contributed by atoms with Gasteiger partial charge in [-0.1, -0.05) is 33.9 Å². The summed E-state index contributed by atoms with van der Waals surface area (Å²) in [6, 6.07) is 0. The van der Waals surface area contributed by atoms with E-state index in [4.69, 9.17) is 0 Å². The number of carbonyl (C=O) groups is 1. The van der Waals surface area contributed by atoms with E-state index in [9.17, 15) is 13.2 Å². The van der Waals surface area contributed by atoms with E-state index >= 15 is 0 Å². The molecule has 0 saturated heterocycles. The SMILES string of the molecule is CN(C)S(=O)(=O)N1C=CNC1(C=O)[Si](C)(C)C(C)(C)C. The molecule has 0 fully saturated rings. The Hall–Kier alpha value is -0.863. The van der Waals surface area contributed by atoms with Crippen molar-refractivity contribution in [1.82, 2.24) is 13.9 Å². The average Bonchev–Trinajstić information content (AvgIpc) is 2.72. The quantitative estimate of drug-likeness (QED) is 0.622. The fourth-order valence-corrected chi connectivity index (χ4v) is 6.67. The first-order valence-corrected chi connectivity index (χ1v) is 10.9. The first-order valence-electron chi connectivity index (χ1n) is 6.47. The van der Waals surface area contributed by atoms with Crippen molar-refractivity contribution in [3.8, 4) is 0 Å². The summed E-state index contributed by atoms with van der Waals surface area (Å²) < 4.78 is 27.3. The number of hydrogen-bond acceptors (Lipinski definition) is 4.